The molecule has 1 heterocycles. The predicted molar refractivity (Wildman–Crippen MR) is 75.4 cm³/mol. The van der Waals surface area contributed by atoms with E-state index in [0.29, 0.717) is 26.2 Å². The van der Waals surface area contributed by atoms with Crippen molar-refractivity contribution in [3.05, 3.63) is 24.3 Å². The van der Waals surface area contributed by atoms with Gasteiger partial charge in [-0.3, -0.25) is 9.69 Å². The van der Waals surface area contributed by atoms with Gasteiger partial charge in [-0.1, -0.05) is 0 Å². The first kappa shape index (κ1) is 13.8. The summed E-state index contributed by atoms with van der Waals surface area (Å²) < 4.78 is 5.40. The molecule has 2 N–H and O–H groups in total. The number of rotatable bonds is 4. The van der Waals surface area contributed by atoms with Gasteiger partial charge in [0.05, 0.1) is 13.2 Å². The fraction of sp³-hybridized carbons (Fsp3) is 0.500. The minimum atomic E-state index is 0.108. The van der Waals surface area contributed by atoms with Crippen molar-refractivity contribution in [3.63, 3.8) is 0 Å². The largest absolute Gasteiger partial charge is 0.494 e. The van der Waals surface area contributed by atoms with Crippen molar-refractivity contribution >= 4 is 11.6 Å². The minimum Gasteiger partial charge on any atom is -0.494 e. The van der Waals surface area contributed by atoms with E-state index in [0.717, 1.165) is 11.4 Å². The molecule has 0 saturated carbocycles. The third-order valence-electron chi connectivity index (χ3n) is 3.43. The zero-order chi connectivity index (χ0) is 13.8. The van der Waals surface area contributed by atoms with Crippen LogP contribution in [0.25, 0.3) is 0 Å². The van der Waals surface area contributed by atoms with Gasteiger partial charge >= 0.3 is 0 Å². The number of nitrogens with two attached hydrogens (primary N) is 1. The van der Waals surface area contributed by atoms with Crippen molar-refractivity contribution in [2.75, 3.05) is 38.2 Å². The highest BCUT2D eigenvalue weighted by Gasteiger charge is 2.29. The van der Waals surface area contributed by atoms with Crippen LogP contribution in [0.3, 0.4) is 0 Å². The van der Waals surface area contributed by atoms with Crippen LogP contribution >= 0.6 is 0 Å². The fourth-order valence-electron chi connectivity index (χ4n) is 2.27. The Morgan fingerprint density at radius 2 is 2.05 bits per heavy atom. The van der Waals surface area contributed by atoms with Crippen molar-refractivity contribution in [2.24, 2.45) is 5.73 Å². The van der Waals surface area contributed by atoms with Gasteiger partial charge in [0.15, 0.2) is 0 Å². The van der Waals surface area contributed by atoms with Gasteiger partial charge in [0.25, 0.3) is 0 Å². The van der Waals surface area contributed by atoms with E-state index < -0.39 is 0 Å². The molecule has 0 spiro atoms. The van der Waals surface area contributed by atoms with Crippen molar-refractivity contribution in [1.82, 2.24) is 4.90 Å². The molecule has 19 heavy (non-hydrogen) atoms. The van der Waals surface area contributed by atoms with Gasteiger partial charge in [0.2, 0.25) is 5.91 Å². The maximum Gasteiger partial charge on any atom is 0.241 e. The van der Waals surface area contributed by atoms with E-state index in [4.69, 9.17) is 10.5 Å². The molecular formula is C14H21N3O2. The van der Waals surface area contributed by atoms with Crippen LogP contribution in [0.5, 0.6) is 5.75 Å². The van der Waals surface area contributed by atoms with E-state index in [1.165, 1.54) is 0 Å². The molecule has 0 aromatic heterocycles. The number of piperazine rings is 1. The van der Waals surface area contributed by atoms with E-state index in [-0.39, 0.29) is 11.9 Å². The average Bonchev–Trinajstić information content (AvgIpc) is 2.41. The van der Waals surface area contributed by atoms with Crippen molar-refractivity contribution in [3.8, 4) is 5.75 Å². The smallest absolute Gasteiger partial charge is 0.241 e. The Labute approximate surface area is 113 Å². The van der Waals surface area contributed by atoms with Crippen LogP contribution in [-0.2, 0) is 4.79 Å². The quantitative estimate of drug-likeness (QED) is 0.868. The molecule has 5 nitrogen and oxygen atoms in total. The molecule has 1 aliphatic rings. The Balaban J connectivity index is 2.13. The van der Waals surface area contributed by atoms with Gasteiger partial charge in [-0.25, -0.2) is 0 Å². The van der Waals surface area contributed by atoms with E-state index >= 15 is 0 Å². The van der Waals surface area contributed by atoms with Crippen LogP contribution in [0.2, 0.25) is 0 Å². The topological polar surface area (TPSA) is 58.8 Å². The summed E-state index contributed by atoms with van der Waals surface area (Å²) >= 11 is 0. The zero-order valence-corrected chi connectivity index (χ0v) is 11.5. The molecule has 1 saturated heterocycles. The highest BCUT2D eigenvalue weighted by atomic mass is 16.5. The lowest BCUT2D eigenvalue weighted by atomic mass is 10.1. The number of likely N-dealkylation sites (N-methyl/N-ethyl adjacent to an activating group) is 1. The summed E-state index contributed by atoms with van der Waals surface area (Å²) in [6, 6.07) is 7.83. The van der Waals surface area contributed by atoms with Gasteiger partial charge < -0.3 is 15.4 Å². The Kier molecular flexibility index (Phi) is 4.39. The maximum atomic E-state index is 12.1. The lowest BCUT2D eigenvalue weighted by molar-refractivity contribution is -0.121. The second kappa shape index (κ2) is 6.04. The second-order valence-corrected chi connectivity index (χ2v) is 4.74. The highest BCUT2D eigenvalue weighted by molar-refractivity contribution is 5.95. The monoisotopic (exact) mass is 263 g/mol. The van der Waals surface area contributed by atoms with E-state index in [1.807, 2.05) is 43.1 Å². The lowest BCUT2D eigenvalue weighted by Gasteiger charge is -2.38. The third-order valence-corrected chi connectivity index (χ3v) is 3.43. The normalized spacial score (nSPS) is 20.7. The molecule has 1 atom stereocenters. The van der Waals surface area contributed by atoms with Crippen LogP contribution < -0.4 is 15.4 Å². The molecule has 104 valence electrons. The predicted octanol–water partition coefficient (Wildman–Crippen LogP) is 0.691. The molecule has 1 aromatic carbocycles. The van der Waals surface area contributed by atoms with E-state index in [1.54, 1.807) is 4.90 Å². The van der Waals surface area contributed by atoms with Gasteiger partial charge in [-0.2, -0.15) is 0 Å². The van der Waals surface area contributed by atoms with Crippen LogP contribution in [-0.4, -0.2) is 50.1 Å². The van der Waals surface area contributed by atoms with Gasteiger partial charge in [-0.15, -0.1) is 0 Å². The summed E-state index contributed by atoms with van der Waals surface area (Å²) in [6.07, 6.45) is 0. The van der Waals surface area contributed by atoms with Gasteiger partial charge in [0.1, 0.15) is 5.75 Å². The molecule has 1 fully saturated rings. The van der Waals surface area contributed by atoms with Crippen LogP contribution in [0, 0.1) is 0 Å². The number of hydrogen-bond donors (Lipinski definition) is 1. The average molecular weight is 263 g/mol. The summed E-state index contributed by atoms with van der Waals surface area (Å²) in [5, 5.41) is 0. The van der Waals surface area contributed by atoms with E-state index in [2.05, 4.69) is 0 Å². The van der Waals surface area contributed by atoms with E-state index in [9.17, 15) is 4.79 Å². The number of anilines is 1. The molecule has 0 radical (unpaired) electrons. The van der Waals surface area contributed by atoms with Crippen LogP contribution in [0.1, 0.15) is 6.92 Å². The standard InChI is InChI=1S/C14H21N3O2/c1-3-19-13-6-4-11(5-7-13)17-9-12(8-15)16(2)10-14(17)18/h4-7,12H,3,8-10,15H2,1-2H3. The third kappa shape index (κ3) is 3.05. The van der Waals surface area contributed by atoms with Crippen molar-refractivity contribution in [1.29, 1.82) is 0 Å². The fourth-order valence-corrected chi connectivity index (χ4v) is 2.27. The summed E-state index contributed by atoms with van der Waals surface area (Å²) in [6.45, 7) is 4.19. The van der Waals surface area contributed by atoms with Crippen molar-refractivity contribution in [2.45, 2.75) is 13.0 Å². The SMILES string of the molecule is CCOc1ccc(N2CC(CN)N(C)CC2=O)cc1. The van der Waals surface area contributed by atoms with Crippen molar-refractivity contribution < 1.29 is 9.53 Å². The first-order chi connectivity index (χ1) is 9.15. The highest BCUT2D eigenvalue weighted by Crippen LogP contribution is 2.22. The Morgan fingerprint density at radius 1 is 1.37 bits per heavy atom. The lowest BCUT2D eigenvalue weighted by Crippen LogP contribution is -2.57. The molecule has 0 aliphatic carbocycles. The molecule has 2 rings (SSSR count). The summed E-state index contributed by atoms with van der Waals surface area (Å²) in [7, 11) is 1.94. The summed E-state index contributed by atoms with van der Waals surface area (Å²) in [5.41, 5.74) is 6.65. The van der Waals surface area contributed by atoms with Gasteiger partial charge in [-0.05, 0) is 38.2 Å². The number of ether oxygens (including phenoxy) is 1. The van der Waals surface area contributed by atoms with Crippen LogP contribution in [0.4, 0.5) is 5.69 Å². The number of benzene rings is 1. The molecule has 1 aromatic rings. The Hall–Kier alpha value is -1.59. The number of amides is 1. The zero-order valence-electron chi connectivity index (χ0n) is 11.5. The number of carbonyl (C=O) groups is 1. The minimum absolute atomic E-state index is 0.108. The maximum absolute atomic E-state index is 12.1. The van der Waals surface area contributed by atoms with Crippen LogP contribution in [0.15, 0.2) is 24.3 Å². The molecule has 5 heteroatoms. The second-order valence-electron chi connectivity index (χ2n) is 4.74. The number of nitrogens with zero attached hydrogens (tertiary/aromatic N) is 2. The van der Waals surface area contributed by atoms with Gasteiger partial charge in [0, 0.05) is 24.8 Å². The Bertz CT molecular complexity index is 433. The molecule has 1 aliphatic heterocycles. The number of hydrogen-bond acceptors (Lipinski definition) is 4. The molecule has 1 unspecified atom stereocenters. The molecule has 1 amide bonds. The molecule has 0 bridgehead atoms. The number of carbonyl (C=O) groups excluding carboxylic acids is 1. The first-order valence-electron chi connectivity index (χ1n) is 6.59. The Morgan fingerprint density at radius 3 is 2.63 bits per heavy atom. The summed E-state index contributed by atoms with van der Waals surface area (Å²) in [5.74, 6) is 0.930. The first-order valence-corrected chi connectivity index (χ1v) is 6.59. The molecular weight excluding hydrogens is 242 g/mol. The summed E-state index contributed by atoms with van der Waals surface area (Å²) in [4.78, 5) is 15.9.